The van der Waals surface area contributed by atoms with Gasteiger partial charge in [0.2, 0.25) is 5.95 Å². The Morgan fingerprint density at radius 2 is 1.69 bits per heavy atom. The Balaban J connectivity index is 1.08. The first-order valence-electron chi connectivity index (χ1n) is 18.6. The summed E-state index contributed by atoms with van der Waals surface area (Å²) in [6.45, 7) is 4.08. The maximum Gasteiger partial charge on any atom is 0.315 e. The molecule has 280 valence electrons. The summed E-state index contributed by atoms with van der Waals surface area (Å²) in [5.74, 6) is 1.09. The monoisotopic (exact) mass is 730 g/mol. The van der Waals surface area contributed by atoms with Crippen molar-refractivity contribution in [3.63, 3.8) is 0 Å². The van der Waals surface area contributed by atoms with E-state index in [1.807, 2.05) is 65.0 Å². The number of fused-ring (bicyclic) bond motifs is 1. The highest BCUT2D eigenvalue weighted by atomic mass is 16.3. The van der Waals surface area contributed by atoms with Gasteiger partial charge in [-0.05, 0) is 36.0 Å². The van der Waals surface area contributed by atoms with Gasteiger partial charge in [-0.25, -0.2) is 14.8 Å². The minimum atomic E-state index is -1.07. The molecule has 2 aliphatic rings. The van der Waals surface area contributed by atoms with Gasteiger partial charge in [0.1, 0.15) is 12.2 Å². The summed E-state index contributed by atoms with van der Waals surface area (Å²) in [5, 5.41) is 36.8. The lowest BCUT2D eigenvalue weighted by atomic mass is 9.91. The molecule has 2 fully saturated rings. The molecule has 5 N–H and O–H groups in total. The average Bonchev–Trinajstić information content (AvgIpc) is 4.05. The Morgan fingerprint density at radius 3 is 2.37 bits per heavy atom. The number of hydrogen-bond acceptors (Lipinski definition) is 10. The Hall–Kier alpha value is -5.80. The first-order valence-corrected chi connectivity index (χ1v) is 18.6. The van der Waals surface area contributed by atoms with E-state index >= 15 is 0 Å². The highest BCUT2D eigenvalue weighted by Gasteiger charge is 2.44. The number of rotatable bonds is 12. The van der Waals surface area contributed by atoms with Crippen molar-refractivity contribution >= 4 is 29.0 Å². The third-order valence-corrected chi connectivity index (χ3v) is 10.7. The second kappa shape index (κ2) is 15.3. The number of imidazole rings is 2. The zero-order valence-electron chi connectivity index (χ0n) is 30.4. The molecule has 15 nitrogen and oxygen atoms in total. The molecule has 2 amide bonds. The first-order chi connectivity index (χ1) is 26.3. The molecule has 0 spiro atoms. The third-order valence-electron chi connectivity index (χ3n) is 10.7. The fourth-order valence-electron chi connectivity index (χ4n) is 7.70. The van der Waals surface area contributed by atoms with Crippen molar-refractivity contribution in [2.24, 2.45) is 7.05 Å². The summed E-state index contributed by atoms with van der Waals surface area (Å²) < 4.78 is 5.47. The number of anilines is 2. The van der Waals surface area contributed by atoms with E-state index < -0.39 is 24.3 Å². The van der Waals surface area contributed by atoms with Gasteiger partial charge >= 0.3 is 6.03 Å². The Morgan fingerprint density at radius 1 is 0.944 bits per heavy atom. The Labute approximate surface area is 313 Å². The van der Waals surface area contributed by atoms with Crippen LogP contribution in [-0.4, -0.2) is 93.0 Å². The van der Waals surface area contributed by atoms with Gasteiger partial charge in [0.25, 0.3) is 0 Å². The lowest BCUT2D eigenvalue weighted by Gasteiger charge is -2.22. The van der Waals surface area contributed by atoms with Gasteiger partial charge in [-0.1, -0.05) is 67.6 Å². The summed E-state index contributed by atoms with van der Waals surface area (Å²) in [4.78, 5) is 34.1. The number of aryl methyl sites for hydroxylation is 2. The number of aliphatic hydroxyl groups is 2. The zero-order valence-corrected chi connectivity index (χ0v) is 30.4. The molecule has 54 heavy (non-hydrogen) atoms. The maximum atomic E-state index is 12.8. The number of nitrogens with one attached hydrogen (secondary N) is 3. The summed E-state index contributed by atoms with van der Waals surface area (Å²) in [6, 6.07) is 19.4. The van der Waals surface area contributed by atoms with Crippen LogP contribution in [0.25, 0.3) is 11.2 Å². The maximum absolute atomic E-state index is 12.8. The molecule has 8 rings (SSSR count). The van der Waals surface area contributed by atoms with E-state index in [0.717, 1.165) is 17.7 Å². The standard InChI is InChI=1S/C39H46N12O3/c1-3-25-17-44-51(20-25)32-16-31(34(52)35(32)53)50-24-43-33-36(40-19-30(26-10-6-4-7-11-26)27-12-8-5-9-13-27)46-38(47-37(33)50)49-15-14-28(22-49)45-39(54)41-18-29-21-48(2)23-42-29/h4-13,17,20-21,23-24,28,30-32,34-35,52-53H,3,14-16,18-19,22H2,1-2H3,(H,40,46,47)(H2,41,45,54)/t28-,31+,32-,34-,35+/m0/s1. The number of urea groups is 1. The van der Waals surface area contributed by atoms with Crippen molar-refractivity contribution in [1.29, 1.82) is 0 Å². The van der Waals surface area contributed by atoms with E-state index in [9.17, 15) is 15.0 Å². The molecule has 1 aliphatic carbocycles. The number of benzene rings is 2. The van der Waals surface area contributed by atoms with Gasteiger partial charge in [0.05, 0.1) is 43.2 Å². The van der Waals surface area contributed by atoms with Gasteiger partial charge in [-0.3, -0.25) is 4.68 Å². The number of aromatic nitrogens is 8. The third kappa shape index (κ3) is 7.24. The fourth-order valence-corrected chi connectivity index (χ4v) is 7.70. The molecular weight excluding hydrogens is 685 g/mol. The number of aliphatic hydroxyl groups excluding tert-OH is 2. The number of carbonyl (C=O) groups excluding carboxylic acids is 1. The van der Waals surface area contributed by atoms with E-state index in [2.05, 4.69) is 62.1 Å². The average molecular weight is 731 g/mol. The molecule has 6 aromatic rings. The second-order valence-corrected chi connectivity index (χ2v) is 14.3. The lowest BCUT2D eigenvalue weighted by Crippen LogP contribution is -2.43. The largest absolute Gasteiger partial charge is 0.388 e. The minimum Gasteiger partial charge on any atom is -0.388 e. The molecule has 1 saturated carbocycles. The van der Waals surface area contributed by atoms with Crippen LogP contribution in [0.4, 0.5) is 16.6 Å². The molecule has 1 aliphatic heterocycles. The van der Waals surface area contributed by atoms with Gasteiger partial charge in [0.15, 0.2) is 17.0 Å². The number of hydrogen-bond donors (Lipinski definition) is 5. The molecule has 4 aromatic heterocycles. The highest BCUT2D eigenvalue weighted by Crippen LogP contribution is 2.40. The quantitative estimate of drug-likeness (QED) is 0.125. The van der Waals surface area contributed by atoms with Crippen molar-refractivity contribution in [1.82, 2.24) is 49.5 Å². The molecule has 5 atom stereocenters. The van der Waals surface area contributed by atoms with Crippen LogP contribution in [0.2, 0.25) is 0 Å². The normalized spacial score (nSPS) is 21.3. The molecule has 0 radical (unpaired) electrons. The van der Waals surface area contributed by atoms with Crippen molar-refractivity contribution in [3.05, 3.63) is 114 Å². The van der Waals surface area contributed by atoms with E-state index in [0.29, 0.717) is 62.0 Å². The second-order valence-electron chi connectivity index (χ2n) is 14.3. The molecule has 2 aromatic carbocycles. The van der Waals surface area contributed by atoms with E-state index in [1.54, 1.807) is 23.5 Å². The lowest BCUT2D eigenvalue weighted by molar-refractivity contribution is 0.00721. The predicted molar refractivity (Wildman–Crippen MR) is 204 cm³/mol. The van der Waals surface area contributed by atoms with Crippen molar-refractivity contribution < 1.29 is 15.0 Å². The van der Waals surface area contributed by atoms with Crippen LogP contribution in [0.3, 0.4) is 0 Å². The van der Waals surface area contributed by atoms with Gasteiger partial charge in [0, 0.05) is 51.0 Å². The molecule has 0 unspecified atom stereocenters. The number of carbonyl (C=O) groups is 1. The molecule has 5 heterocycles. The van der Waals surface area contributed by atoms with Crippen molar-refractivity contribution in [2.75, 3.05) is 29.9 Å². The van der Waals surface area contributed by atoms with Crippen molar-refractivity contribution in [3.8, 4) is 0 Å². The van der Waals surface area contributed by atoms with Crippen LogP contribution in [-0.2, 0) is 20.0 Å². The van der Waals surface area contributed by atoms with Gasteiger partial charge in [-0.2, -0.15) is 15.1 Å². The number of amides is 2. The summed E-state index contributed by atoms with van der Waals surface area (Å²) in [6.07, 6.45) is 8.88. The molecular formula is C39H46N12O3. The topological polar surface area (TPSA) is 176 Å². The predicted octanol–water partition coefficient (Wildman–Crippen LogP) is 3.55. The fraction of sp³-hybridized carbons (Fsp3) is 0.385. The summed E-state index contributed by atoms with van der Waals surface area (Å²) in [7, 11) is 1.89. The number of nitrogens with zero attached hydrogens (tertiary/aromatic N) is 9. The summed E-state index contributed by atoms with van der Waals surface area (Å²) in [5.41, 5.74) is 5.30. The molecule has 15 heteroatoms. The van der Waals surface area contributed by atoms with Crippen LogP contribution in [0.15, 0.2) is 91.9 Å². The van der Waals surface area contributed by atoms with Crippen LogP contribution in [0.1, 0.15) is 60.2 Å². The van der Waals surface area contributed by atoms with Crippen molar-refractivity contribution in [2.45, 2.75) is 69.0 Å². The zero-order chi connectivity index (χ0) is 37.2. The van der Waals surface area contributed by atoms with Gasteiger partial charge < -0.3 is 40.2 Å². The Bertz CT molecular complexity index is 2150. The summed E-state index contributed by atoms with van der Waals surface area (Å²) >= 11 is 0. The molecule has 1 saturated heterocycles. The van der Waals surface area contributed by atoms with Gasteiger partial charge in [-0.15, -0.1) is 0 Å². The van der Waals surface area contributed by atoms with Crippen LogP contribution < -0.4 is 20.9 Å². The van der Waals surface area contributed by atoms with E-state index in [-0.39, 0.29) is 18.0 Å². The van der Waals surface area contributed by atoms with Crippen LogP contribution in [0.5, 0.6) is 0 Å². The SMILES string of the molecule is CCc1cnn([C@H]2C[C@@H](n3cnc4c(NCC(c5ccccc5)c5ccccc5)nc(N5CC[C@H](NC(=O)NCc6cn(C)cn6)C5)nc43)[C@H](O)[C@@H]2O)c1. The first kappa shape index (κ1) is 35.2. The molecule has 0 bridgehead atoms. The minimum absolute atomic E-state index is 0.0301. The highest BCUT2D eigenvalue weighted by molar-refractivity contribution is 5.84. The van der Waals surface area contributed by atoms with Crippen LogP contribution >= 0.6 is 0 Å². The smallest absolute Gasteiger partial charge is 0.315 e. The van der Waals surface area contributed by atoms with E-state index in [4.69, 9.17) is 15.0 Å². The Kier molecular flexibility index (Phi) is 9.97. The van der Waals surface area contributed by atoms with E-state index in [1.165, 1.54) is 11.1 Å². The van der Waals surface area contributed by atoms with Crippen LogP contribution in [0, 0.1) is 0 Å².